The molecular formula is C16H18N2O7. The molecule has 0 bridgehead atoms. The molecule has 1 aromatic carbocycles. The van der Waals surface area contributed by atoms with Crippen molar-refractivity contribution >= 4 is 11.9 Å². The van der Waals surface area contributed by atoms with Crippen molar-refractivity contribution in [2.45, 2.75) is 0 Å². The lowest BCUT2D eigenvalue weighted by molar-refractivity contribution is 0.0587. The van der Waals surface area contributed by atoms with E-state index in [-0.39, 0.29) is 17.1 Å². The normalized spacial score (nSPS) is 10.1. The molecule has 134 valence electrons. The van der Waals surface area contributed by atoms with Crippen molar-refractivity contribution in [1.29, 1.82) is 0 Å². The van der Waals surface area contributed by atoms with E-state index in [1.165, 1.54) is 58.4 Å². The van der Waals surface area contributed by atoms with Gasteiger partial charge in [0.05, 0.1) is 34.0 Å². The second kappa shape index (κ2) is 7.56. The molecule has 0 amide bonds. The smallest absolute Gasteiger partial charge is 0.356 e. The number of aromatic nitrogens is 2. The molecule has 1 heterocycles. The van der Waals surface area contributed by atoms with E-state index in [0.717, 1.165) is 0 Å². The van der Waals surface area contributed by atoms with Crippen LogP contribution in [0.15, 0.2) is 18.2 Å². The van der Waals surface area contributed by atoms with Crippen molar-refractivity contribution in [3.8, 4) is 23.1 Å². The number of benzene rings is 1. The van der Waals surface area contributed by atoms with Gasteiger partial charge >= 0.3 is 11.9 Å². The molecule has 0 aliphatic rings. The summed E-state index contributed by atoms with van der Waals surface area (Å²) in [5.74, 6) is -0.358. The Labute approximate surface area is 144 Å². The molecule has 2 aromatic rings. The summed E-state index contributed by atoms with van der Waals surface area (Å²) < 4.78 is 26.7. The average molecular weight is 350 g/mol. The third kappa shape index (κ3) is 3.65. The fourth-order valence-electron chi connectivity index (χ4n) is 2.14. The van der Waals surface area contributed by atoms with Crippen LogP contribution >= 0.6 is 0 Å². The summed E-state index contributed by atoms with van der Waals surface area (Å²) in [5, 5.41) is 3.95. The van der Waals surface area contributed by atoms with Gasteiger partial charge in [-0.3, -0.25) is 4.68 Å². The first-order valence-corrected chi connectivity index (χ1v) is 7.09. The van der Waals surface area contributed by atoms with Crippen LogP contribution in [0.2, 0.25) is 0 Å². The van der Waals surface area contributed by atoms with Crippen LogP contribution < -0.4 is 18.9 Å². The Hall–Kier alpha value is -3.23. The molecule has 0 radical (unpaired) electrons. The Kier molecular flexibility index (Phi) is 5.48. The van der Waals surface area contributed by atoms with E-state index in [2.05, 4.69) is 9.84 Å². The van der Waals surface area contributed by atoms with E-state index in [1.54, 1.807) is 0 Å². The van der Waals surface area contributed by atoms with Gasteiger partial charge < -0.3 is 23.7 Å². The first-order valence-electron chi connectivity index (χ1n) is 7.09. The molecule has 1 aromatic heterocycles. The first kappa shape index (κ1) is 18.1. The SMILES string of the molecule is COC(=O)c1cc(OC(=O)c2cc(OC)c(OC)c(OC)c2)nn1C. The minimum atomic E-state index is -0.700. The highest BCUT2D eigenvalue weighted by molar-refractivity contribution is 5.93. The molecule has 0 fully saturated rings. The van der Waals surface area contributed by atoms with Gasteiger partial charge in [0.2, 0.25) is 11.6 Å². The Bertz CT molecular complexity index is 773. The number of carbonyl (C=O) groups is 2. The number of hydrogen-bond donors (Lipinski definition) is 0. The quantitative estimate of drug-likeness (QED) is 0.722. The summed E-state index contributed by atoms with van der Waals surface area (Å²) in [7, 11) is 7.11. The second-order valence-electron chi connectivity index (χ2n) is 4.79. The highest BCUT2D eigenvalue weighted by Gasteiger charge is 2.21. The fraction of sp³-hybridized carbons (Fsp3) is 0.312. The highest BCUT2D eigenvalue weighted by Crippen LogP contribution is 2.38. The number of esters is 2. The summed E-state index contributed by atoms with van der Waals surface area (Å²) in [6.07, 6.45) is 0. The molecule has 9 nitrogen and oxygen atoms in total. The number of nitrogens with zero attached hydrogens (tertiary/aromatic N) is 2. The third-order valence-electron chi connectivity index (χ3n) is 3.35. The maximum atomic E-state index is 12.4. The van der Waals surface area contributed by atoms with Crippen LogP contribution in [0.5, 0.6) is 23.1 Å². The number of methoxy groups -OCH3 is 4. The van der Waals surface area contributed by atoms with Gasteiger partial charge in [-0.15, -0.1) is 5.10 Å². The van der Waals surface area contributed by atoms with Crippen LogP contribution in [0, 0.1) is 0 Å². The van der Waals surface area contributed by atoms with E-state index in [1.807, 2.05) is 0 Å². The van der Waals surface area contributed by atoms with Crippen molar-refractivity contribution in [3.63, 3.8) is 0 Å². The molecule has 2 rings (SSSR count). The number of aryl methyl sites for hydroxylation is 1. The van der Waals surface area contributed by atoms with E-state index < -0.39 is 11.9 Å². The van der Waals surface area contributed by atoms with Crippen LogP contribution in [0.4, 0.5) is 0 Å². The van der Waals surface area contributed by atoms with Crippen molar-refractivity contribution in [2.75, 3.05) is 28.4 Å². The van der Waals surface area contributed by atoms with Crippen molar-refractivity contribution < 1.29 is 33.3 Å². The van der Waals surface area contributed by atoms with Gasteiger partial charge in [-0.1, -0.05) is 0 Å². The van der Waals surface area contributed by atoms with Crippen molar-refractivity contribution in [1.82, 2.24) is 9.78 Å². The second-order valence-corrected chi connectivity index (χ2v) is 4.79. The lowest BCUT2D eigenvalue weighted by Gasteiger charge is -2.13. The van der Waals surface area contributed by atoms with E-state index in [0.29, 0.717) is 17.2 Å². The van der Waals surface area contributed by atoms with Gasteiger partial charge in [-0.05, 0) is 12.1 Å². The molecule has 0 N–H and O–H groups in total. The summed E-state index contributed by atoms with van der Waals surface area (Å²) in [5.41, 5.74) is 0.315. The van der Waals surface area contributed by atoms with Gasteiger partial charge in [0.15, 0.2) is 11.5 Å². The molecule has 25 heavy (non-hydrogen) atoms. The van der Waals surface area contributed by atoms with E-state index >= 15 is 0 Å². The standard InChI is InChI=1S/C16H18N2O7/c1-18-10(16(20)24-5)8-13(17-18)25-15(19)9-6-11(21-2)14(23-4)12(7-9)22-3/h6-8H,1-5H3. The Morgan fingerprint density at radius 1 is 0.920 bits per heavy atom. The summed E-state index contributed by atoms with van der Waals surface area (Å²) in [4.78, 5) is 23.9. The average Bonchev–Trinajstić information content (AvgIpc) is 2.99. The maximum Gasteiger partial charge on any atom is 0.356 e. The molecule has 9 heteroatoms. The predicted octanol–water partition coefficient (Wildman–Crippen LogP) is 1.45. The number of rotatable bonds is 6. The van der Waals surface area contributed by atoms with Crippen LogP contribution in [-0.4, -0.2) is 50.2 Å². The molecule has 0 aliphatic carbocycles. The molecule has 0 unspecified atom stereocenters. The zero-order chi connectivity index (χ0) is 18.6. The van der Waals surface area contributed by atoms with Crippen molar-refractivity contribution in [3.05, 3.63) is 29.5 Å². The Morgan fingerprint density at radius 2 is 1.52 bits per heavy atom. The Balaban J connectivity index is 2.31. The van der Waals surface area contributed by atoms with Gasteiger partial charge in [0.25, 0.3) is 0 Å². The number of hydrogen-bond acceptors (Lipinski definition) is 8. The van der Waals surface area contributed by atoms with E-state index in [4.69, 9.17) is 18.9 Å². The third-order valence-corrected chi connectivity index (χ3v) is 3.35. The minimum absolute atomic E-state index is 0.0401. The molecule has 0 atom stereocenters. The van der Waals surface area contributed by atoms with Crippen LogP contribution in [-0.2, 0) is 11.8 Å². The van der Waals surface area contributed by atoms with Crippen molar-refractivity contribution in [2.24, 2.45) is 7.05 Å². The monoisotopic (exact) mass is 350 g/mol. The van der Waals surface area contributed by atoms with Crippen LogP contribution in [0.1, 0.15) is 20.8 Å². The molecule has 0 aliphatic heterocycles. The summed E-state index contributed by atoms with van der Waals surface area (Å²) >= 11 is 0. The molecule has 0 saturated heterocycles. The van der Waals surface area contributed by atoms with Gasteiger partial charge in [-0.25, -0.2) is 9.59 Å². The van der Waals surface area contributed by atoms with E-state index in [9.17, 15) is 9.59 Å². The minimum Gasteiger partial charge on any atom is -0.493 e. The number of ether oxygens (including phenoxy) is 5. The Morgan fingerprint density at radius 3 is 2.00 bits per heavy atom. The van der Waals surface area contributed by atoms with Gasteiger partial charge in [0, 0.05) is 13.1 Å². The fourth-order valence-corrected chi connectivity index (χ4v) is 2.14. The van der Waals surface area contributed by atoms with Crippen LogP contribution in [0.3, 0.4) is 0 Å². The topological polar surface area (TPSA) is 98.1 Å². The zero-order valence-corrected chi connectivity index (χ0v) is 14.5. The van der Waals surface area contributed by atoms with Gasteiger partial charge in [-0.2, -0.15) is 0 Å². The lowest BCUT2D eigenvalue weighted by atomic mass is 10.2. The lowest BCUT2D eigenvalue weighted by Crippen LogP contribution is -2.10. The molecular weight excluding hydrogens is 332 g/mol. The van der Waals surface area contributed by atoms with Crippen LogP contribution in [0.25, 0.3) is 0 Å². The maximum absolute atomic E-state index is 12.4. The zero-order valence-electron chi connectivity index (χ0n) is 14.5. The van der Waals surface area contributed by atoms with Gasteiger partial charge in [0.1, 0.15) is 5.69 Å². The number of carbonyl (C=O) groups excluding carboxylic acids is 2. The molecule has 0 spiro atoms. The largest absolute Gasteiger partial charge is 0.493 e. The summed E-state index contributed by atoms with van der Waals surface area (Å²) in [6.45, 7) is 0. The molecule has 0 saturated carbocycles. The highest BCUT2D eigenvalue weighted by atomic mass is 16.5. The first-order chi connectivity index (χ1) is 11.9. The summed E-state index contributed by atoms with van der Waals surface area (Å²) in [6, 6.07) is 4.21. The predicted molar refractivity (Wildman–Crippen MR) is 85.6 cm³/mol.